The molecule has 1 nitrogen and oxygen atoms in total. The van der Waals surface area contributed by atoms with Gasteiger partial charge in [-0.3, -0.25) is 4.79 Å². The third-order valence-corrected chi connectivity index (χ3v) is 4.32. The minimum absolute atomic E-state index is 0.118. The Bertz CT molecular complexity index is 255. The Morgan fingerprint density at radius 3 is 3.09 bits per heavy atom. The average Bonchev–Trinajstić information content (AvgIpc) is 2.40. The van der Waals surface area contributed by atoms with Crippen LogP contribution in [0.2, 0.25) is 0 Å². The Hall–Kier alpha value is -0.150. The van der Waals surface area contributed by atoms with Gasteiger partial charge in [0.05, 0.1) is 10.5 Å². The molecule has 0 aromatic carbocycles. The van der Waals surface area contributed by atoms with Crippen molar-refractivity contribution in [2.24, 2.45) is 0 Å². The first-order valence-corrected chi connectivity index (χ1v) is 5.30. The van der Waals surface area contributed by atoms with Crippen LogP contribution in [0.15, 0.2) is 22.5 Å². The molecule has 2 rings (SSSR count). The van der Waals surface area contributed by atoms with Gasteiger partial charge in [0.25, 0.3) is 0 Å². The summed E-state index contributed by atoms with van der Waals surface area (Å²) in [6.07, 6.45) is 4.24. The molecule has 0 aliphatic carbocycles. The van der Waals surface area contributed by atoms with Gasteiger partial charge in [-0.15, -0.1) is 23.5 Å². The van der Waals surface area contributed by atoms with Crippen molar-refractivity contribution < 1.29 is 4.79 Å². The summed E-state index contributed by atoms with van der Waals surface area (Å²) in [5.74, 6) is 0.269. The first kappa shape index (κ1) is 7.50. The molecule has 2 heterocycles. The molecule has 0 radical (unpaired) electrons. The highest BCUT2D eigenvalue weighted by molar-refractivity contribution is 8.10. The first-order valence-electron chi connectivity index (χ1n) is 3.48. The highest BCUT2D eigenvalue weighted by atomic mass is 32.2. The number of thioether (sulfide) groups is 2. The smallest absolute Gasteiger partial charge is 0.146 e. The molecule has 0 N–H and O–H groups in total. The second-order valence-electron chi connectivity index (χ2n) is 2.60. The average molecular weight is 184 g/mol. The van der Waals surface area contributed by atoms with Gasteiger partial charge in [0.1, 0.15) is 5.78 Å². The number of fused-ring (bicyclic) bond motifs is 1. The van der Waals surface area contributed by atoms with Crippen LogP contribution in [0.4, 0.5) is 0 Å². The highest BCUT2D eigenvalue weighted by Gasteiger charge is 2.30. The molecule has 0 fully saturated rings. The molecule has 0 spiro atoms. The van der Waals surface area contributed by atoms with Crippen LogP contribution in [0.1, 0.15) is 6.92 Å². The van der Waals surface area contributed by atoms with Crippen molar-refractivity contribution in [3.63, 3.8) is 0 Å². The summed E-state index contributed by atoms with van der Waals surface area (Å²) in [6, 6.07) is 0. The third-order valence-electron chi connectivity index (χ3n) is 1.75. The molecule has 58 valence electrons. The lowest BCUT2D eigenvalue weighted by Gasteiger charge is -2.02. The maximum atomic E-state index is 11.0. The van der Waals surface area contributed by atoms with Gasteiger partial charge in [-0.1, -0.05) is 12.2 Å². The zero-order valence-electron chi connectivity index (χ0n) is 6.11. The lowest BCUT2D eigenvalue weighted by atomic mass is 10.2. The number of ketones is 1. The largest absolute Gasteiger partial charge is 0.298 e. The van der Waals surface area contributed by atoms with E-state index in [1.54, 1.807) is 30.4 Å². The molecule has 2 aliphatic rings. The zero-order chi connectivity index (χ0) is 7.84. The fourth-order valence-electron chi connectivity index (χ4n) is 1.16. The Kier molecular flexibility index (Phi) is 1.85. The van der Waals surface area contributed by atoms with Crippen LogP contribution in [0.3, 0.4) is 0 Å². The molecular weight excluding hydrogens is 176 g/mol. The number of carbonyl (C=O) groups is 1. The summed E-state index contributed by atoms with van der Waals surface area (Å²) in [4.78, 5) is 12.3. The Morgan fingerprint density at radius 1 is 1.64 bits per heavy atom. The van der Waals surface area contributed by atoms with Gasteiger partial charge in [0.15, 0.2) is 0 Å². The van der Waals surface area contributed by atoms with Crippen LogP contribution in [0.25, 0.3) is 0 Å². The number of carbonyl (C=O) groups excluding carboxylic acids is 1. The predicted octanol–water partition coefficient (Wildman–Crippen LogP) is 2.20. The van der Waals surface area contributed by atoms with Gasteiger partial charge in [-0.25, -0.2) is 0 Å². The van der Waals surface area contributed by atoms with Gasteiger partial charge in [-0.2, -0.15) is 0 Å². The molecule has 2 unspecified atom stereocenters. The lowest BCUT2D eigenvalue weighted by molar-refractivity contribution is -0.115. The van der Waals surface area contributed by atoms with E-state index in [2.05, 4.69) is 17.6 Å². The quantitative estimate of drug-likeness (QED) is 0.622. The standard InChI is InChI=1S/C8H8OS2/c1-5(9)7-4-8-6(11-7)2-3-10-8/h2-4,6-7H,1H3. The highest BCUT2D eigenvalue weighted by Crippen LogP contribution is 2.44. The van der Waals surface area contributed by atoms with Crippen LogP contribution in [-0.2, 0) is 4.79 Å². The van der Waals surface area contributed by atoms with Crippen LogP contribution in [-0.4, -0.2) is 16.3 Å². The van der Waals surface area contributed by atoms with E-state index in [-0.39, 0.29) is 11.0 Å². The Morgan fingerprint density at radius 2 is 2.45 bits per heavy atom. The van der Waals surface area contributed by atoms with Crippen LogP contribution >= 0.6 is 23.5 Å². The molecule has 3 heteroatoms. The molecular formula is C8H8OS2. The van der Waals surface area contributed by atoms with Gasteiger partial charge >= 0.3 is 0 Å². The van der Waals surface area contributed by atoms with Crippen molar-refractivity contribution in [1.82, 2.24) is 0 Å². The second-order valence-corrected chi connectivity index (χ2v) is 4.87. The number of hydrogen-bond acceptors (Lipinski definition) is 3. The molecule has 0 saturated carbocycles. The number of Topliss-reactive ketones (excluding diaryl/α,β-unsaturated/α-hetero) is 1. The minimum Gasteiger partial charge on any atom is -0.298 e. The van der Waals surface area contributed by atoms with Crippen molar-refractivity contribution in [2.75, 3.05) is 0 Å². The van der Waals surface area contributed by atoms with Gasteiger partial charge in [0, 0.05) is 4.91 Å². The number of rotatable bonds is 1. The summed E-state index contributed by atoms with van der Waals surface area (Å²) in [7, 11) is 0. The lowest BCUT2D eigenvalue weighted by Crippen LogP contribution is -2.08. The van der Waals surface area contributed by atoms with Crippen molar-refractivity contribution in [1.29, 1.82) is 0 Å². The van der Waals surface area contributed by atoms with Crippen molar-refractivity contribution in [2.45, 2.75) is 17.4 Å². The van der Waals surface area contributed by atoms with Crippen molar-refractivity contribution in [3.05, 3.63) is 22.5 Å². The van der Waals surface area contributed by atoms with Gasteiger partial charge in [-0.05, 0) is 12.3 Å². The van der Waals surface area contributed by atoms with E-state index >= 15 is 0 Å². The monoisotopic (exact) mass is 184 g/mol. The van der Waals surface area contributed by atoms with E-state index in [4.69, 9.17) is 0 Å². The van der Waals surface area contributed by atoms with Crippen LogP contribution in [0, 0.1) is 0 Å². The molecule has 0 bridgehead atoms. The van der Waals surface area contributed by atoms with Crippen molar-refractivity contribution >= 4 is 29.3 Å². The van der Waals surface area contributed by atoms with Gasteiger partial charge in [0.2, 0.25) is 0 Å². The van der Waals surface area contributed by atoms with E-state index in [1.807, 2.05) is 0 Å². The topological polar surface area (TPSA) is 17.1 Å². The van der Waals surface area contributed by atoms with Crippen LogP contribution in [0.5, 0.6) is 0 Å². The number of hydrogen-bond donors (Lipinski definition) is 0. The summed E-state index contributed by atoms with van der Waals surface area (Å²) in [5.41, 5.74) is 0. The van der Waals surface area contributed by atoms with E-state index in [9.17, 15) is 4.79 Å². The SMILES string of the molecule is CC(=O)C1C=C2SC=CC2S1. The maximum Gasteiger partial charge on any atom is 0.146 e. The Labute approximate surface area is 74.3 Å². The predicted molar refractivity (Wildman–Crippen MR) is 50.7 cm³/mol. The second kappa shape index (κ2) is 2.72. The normalized spacial score (nSPS) is 33.7. The van der Waals surface area contributed by atoms with E-state index < -0.39 is 0 Å². The first-order chi connectivity index (χ1) is 5.27. The summed E-state index contributed by atoms with van der Waals surface area (Å²) in [5, 5.41) is 2.70. The summed E-state index contributed by atoms with van der Waals surface area (Å²) in [6.45, 7) is 1.66. The van der Waals surface area contributed by atoms with E-state index in [0.717, 1.165) is 0 Å². The van der Waals surface area contributed by atoms with E-state index in [1.165, 1.54) is 4.91 Å². The molecule has 2 aliphatic heterocycles. The minimum atomic E-state index is 0.118. The zero-order valence-corrected chi connectivity index (χ0v) is 7.74. The fraction of sp³-hybridized carbons (Fsp3) is 0.375. The Balaban J connectivity index is 2.16. The van der Waals surface area contributed by atoms with Crippen LogP contribution < -0.4 is 0 Å². The van der Waals surface area contributed by atoms with Crippen molar-refractivity contribution in [3.8, 4) is 0 Å². The maximum absolute atomic E-state index is 11.0. The summed E-state index contributed by atoms with van der Waals surface area (Å²) >= 11 is 3.48. The summed E-state index contributed by atoms with van der Waals surface area (Å²) < 4.78 is 0. The molecule has 11 heavy (non-hydrogen) atoms. The molecule has 0 amide bonds. The molecule has 0 aromatic heterocycles. The molecule has 0 saturated heterocycles. The van der Waals surface area contributed by atoms with Gasteiger partial charge < -0.3 is 0 Å². The van der Waals surface area contributed by atoms with E-state index in [0.29, 0.717) is 5.25 Å². The molecule has 0 aromatic rings. The fourth-order valence-corrected chi connectivity index (χ4v) is 3.61. The third kappa shape index (κ3) is 1.27. The molecule has 2 atom stereocenters.